The van der Waals surface area contributed by atoms with E-state index in [1.165, 1.54) is 5.56 Å². The van der Waals surface area contributed by atoms with Crippen molar-refractivity contribution in [2.24, 2.45) is 0 Å². The van der Waals surface area contributed by atoms with Gasteiger partial charge in [0.1, 0.15) is 12.4 Å². The van der Waals surface area contributed by atoms with Crippen LogP contribution in [0.2, 0.25) is 0 Å². The Balaban J connectivity index is 2.29. The van der Waals surface area contributed by atoms with E-state index < -0.39 is 0 Å². The highest BCUT2D eigenvalue weighted by Gasteiger charge is 2.03. The average Bonchev–Trinajstić information content (AvgIpc) is 2.34. The SMILES string of the molecule is CC(C)NC(=O)NCCOc1cccc(C(C)C)c1. The van der Waals surface area contributed by atoms with Crippen molar-refractivity contribution in [2.75, 3.05) is 13.2 Å². The summed E-state index contributed by atoms with van der Waals surface area (Å²) in [6.45, 7) is 9.10. The smallest absolute Gasteiger partial charge is 0.315 e. The van der Waals surface area contributed by atoms with Crippen LogP contribution in [0, 0.1) is 0 Å². The second-order valence-electron chi connectivity index (χ2n) is 5.13. The molecule has 0 bridgehead atoms. The van der Waals surface area contributed by atoms with Gasteiger partial charge in [-0.25, -0.2) is 4.79 Å². The standard InChI is InChI=1S/C15H24N2O2/c1-11(2)13-6-5-7-14(10-13)19-9-8-16-15(18)17-12(3)4/h5-7,10-12H,8-9H2,1-4H3,(H2,16,17,18). The first-order valence-corrected chi connectivity index (χ1v) is 6.76. The van der Waals surface area contributed by atoms with Crippen molar-refractivity contribution in [1.82, 2.24) is 10.6 Å². The van der Waals surface area contributed by atoms with Gasteiger partial charge < -0.3 is 15.4 Å². The van der Waals surface area contributed by atoms with Crippen molar-refractivity contribution in [2.45, 2.75) is 39.7 Å². The van der Waals surface area contributed by atoms with Crippen molar-refractivity contribution >= 4 is 6.03 Å². The molecule has 2 amide bonds. The maximum Gasteiger partial charge on any atom is 0.315 e. The third kappa shape index (κ3) is 6.13. The van der Waals surface area contributed by atoms with Crippen molar-refractivity contribution in [1.29, 1.82) is 0 Å². The lowest BCUT2D eigenvalue weighted by Gasteiger charge is -2.12. The molecule has 0 unspecified atom stereocenters. The zero-order valence-electron chi connectivity index (χ0n) is 12.2. The lowest BCUT2D eigenvalue weighted by molar-refractivity contribution is 0.234. The minimum absolute atomic E-state index is 0.142. The van der Waals surface area contributed by atoms with Crippen molar-refractivity contribution in [3.63, 3.8) is 0 Å². The molecule has 0 heterocycles. The average molecular weight is 264 g/mol. The normalized spacial score (nSPS) is 10.6. The number of amides is 2. The predicted octanol–water partition coefficient (Wildman–Crippen LogP) is 2.90. The molecule has 0 saturated carbocycles. The molecule has 4 nitrogen and oxygen atoms in total. The molecule has 0 aliphatic heterocycles. The Morgan fingerprint density at radius 2 is 2.00 bits per heavy atom. The highest BCUT2D eigenvalue weighted by atomic mass is 16.5. The quantitative estimate of drug-likeness (QED) is 0.776. The van der Waals surface area contributed by atoms with E-state index in [9.17, 15) is 4.79 Å². The molecule has 4 heteroatoms. The van der Waals surface area contributed by atoms with E-state index in [4.69, 9.17) is 4.74 Å². The van der Waals surface area contributed by atoms with Gasteiger partial charge in [-0.1, -0.05) is 26.0 Å². The molecule has 0 saturated heterocycles. The number of urea groups is 1. The molecule has 106 valence electrons. The number of ether oxygens (including phenoxy) is 1. The van der Waals surface area contributed by atoms with Crippen molar-refractivity contribution < 1.29 is 9.53 Å². The minimum atomic E-state index is -0.158. The first kappa shape index (κ1) is 15.3. The maximum absolute atomic E-state index is 11.3. The molecule has 1 aromatic carbocycles. The topological polar surface area (TPSA) is 50.4 Å². The molecular weight excluding hydrogens is 240 g/mol. The van der Waals surface area contributed by atoms with Crippen molar-refractivity contribution in [3.05, 3.63) is 29.8 Å². The van der Waals surface area contributed by atoms with Gasteiger partial charge in [0, 0.05) is 6.04 Å². The first-order chi connectivity index (χ1) is 8.99. The van der Waals surface area contributed by atoms with E-state index in [0.29, 0.717) is 19.1 Å². The summed E-state index contributed by atoms with van der Waals surface area (Å²) in [6.07, 6.45) is 0. The lowest BCUT2D eigenvalue weighted by atomic mass is 10.0. The maximum atomic E-state index is 11.3. The molecule has 1 aromatic rings. The van der Waals surface area contributed by atoms with Gasteiger partial charge in [-0.2, -0.15) is 0 Å². The number of nitrogens with one attached hydrogen (secondary N) is 2. The molecule has 0 aliphatic rings. The summed E-state index contributed by atoms with van der Waals surface area (Å²) < 4.78 is 5.61. The summed E-state index contributed by atoms with van der Waals surface area (Å²) in [5.41, 5.74) is 1.25. The molecule has 1 rings (SSSR count). The van der Waals surface area contributed by atoms with Gasteiger partial charge in [0.05, 0.1) is 6.54 Å². The predicted molar refractivity (Wildman–Crippen MR) is 77.7 cm³/mol. The zero-order chi connectivity index (χ0) is 14.3. The molecule has 0 aromatic heterocycles. The lowest BCUT2D eigenvalue weighted by Crippen LogP contribution is -2.41. The summed E-state index contributed by atoms with van der Waals surface area (Å²) in [7, 11) is 0. The van der Waals surface area contributed by atoms with Crippen LogP contribution in [0.25, 0.3) is 0 Å². The summed E-state index contributed by atoms with van der Waals surface area (Å²) in [6, 6.07) is 8.03. The fraction of sp³-hybridized carbons (Fsp3) is 0.533. The molecule has 2 N–H and O–H groups in total. The number of hydrogen-bond donors (Lipinski definition) is 2. The summed E-state index contributed by atoms with van der Waals surface area (Å²) in [5, 5.41) is 5.51. The van der Waals surface area contributed by atoms with Gasteiger partial charge >= 0.3 is 6.03 Å². The van der Waals surface area contributed by atoms with Gasteiger partial charge in [0.2, 0.25) is 0 Å². The van der Waals surface area contributed by atoms with Crippen LogP contribution < -0.4 is 15.4 Å². The molecular formula is C15H24N2O2. The molecule has 0 radical (unpaired) electrons. The van der Waals surface area contributed by atoms with Crippen LogP contribution in [0.3, 0.4) is 0 Å². The van der Waals surface area contributed by atoms with Gasteiger partial charge in [-0.3, -0.25) is 0 Å². The Labute approximate surface area is 115 Å². The van der Waals surface area contributed by atoms with Crippen LogP contribution in [0.5, 0.6) is 5.75 Å². The Morgan fingerprint density at radius 1 is 1.26 bits per heavy atom. The van der Waals surface area contributed by atoms with E-state index in [1.54, 1.807) is 0 Å². The Morgan fingerprint density at radius 3 is 2.63 bits per heavy atom. The van der Waals surface area contributed by atoms with Crippen molar-refractivity contribution in [3.8, 4) is 5.75 Å². The third-order valence-corrected chi connectivity index (χ3v) is 2.60. The molecule has 0 spiro atoms. The fourth-order valence-electron chi connectivity index (χ4n) is 1.61. The Kier molecular flexibility index (Phi) is 6.19. The molecule has 19 heavy (non-hydrogen) atoms. The number of rotatable bonds is 6. The first-order valence-electron chi connectivity index (χ1n) is 6.76. The number of hydrogen-bond acceptors (Lipinski definition) is 2. The largest absolute Gasteiger partial charge is 0.492 e. The third-order valence-electron chi connectivity index (χ3n) is 2.60. The van der Waals surface area contributed by atoms with E-state index in [2.05, 4.69) is 30.5 Å². The second-order valence-corrected chi connectivity index (χ2v) is 5.13. The van der Waals surface area contributed by atoms with Gasteiger partial charge in [-0.05, 0) is 37.5 Å². The van der Waals surface area contributed by atoms with Crippen LogP contribution in [0.1, 0.15) is 39.2 Å². The van der Waals surface area contributed by atoms with E-state index in [0.717, 1.165) is 5.75 Å². The molecule has 0 atom stereocenters. The molecule has 0 fully saturated rings. The fourth-order valence-corrected chi connectivity index (χ4v) is 1.61. The van der Waals surface area contributed by atoms with E-state index >= 15 is 0 Å². The highest BCUT2D eigenvalue weighted by Crippen LogP contribution is 2.19. The highest BCUT2D eigenvalue weighted by molar-refractivity contribution is 5.74. The van der Waals surface area contributed by atoms with E-state index in [1.807, 2.05) is 32.0 Å². The monoisotopic (exact) mass is 264 g/mol. The van der Waals surface area contributed by atoms with Crippen LogP contribution >= 0.6 is 0 Å². The number of benzene rings is 1. The second kappa shape index (κ2) is 7.67. The Hall–Kier alpha value is -1.71. The summed E-state index contributed by atoms with van der Waals surface area (Å²) >= 11 is 0. The summed E-state index contributed by atoms with van der Waals surface area (Å²) in [5.74, 6) is 1.33. The Bertz CT molecular complexity index is 403. The number of carbonyl (C=O) groups is 1. The van der Waals surface area contributed by atoms with Gasteiger partial charge in [0.15, 0.2) is 0 Å². The zero-order valence-corrected chi connectivity index (χ0v) is 12.2. The summed E-state index contributed by atoms with van der Waals surface area (Å²) in [4.78, 5) is 11.3. The van der Waals surface area contributed by atoms with Crippen LogP contribution in [-0.4, -0.2) is 25.2 Å². The van der Waals surface area contributed by atoms with Crippen LogP contribution in [0.15, 0.2) is 24.3 Å². The van der Waals surface area contributed by atoms with Crippen LogP contribution in [0.4, 0.5) is 4.79 Å². The molecule has 0 aliphatic carbocycles. The number of carbonyl (C=O) groups excluding carboxylic acids is 1. The van der Waals surface area contributed by atoms with E-state index in [-0.39, 0.29) is 12.1 Å². The minimum Gasteiger partial charge on any atom is -0.492 e. The van der Waals surface area contributed by atoms with Gasteiger partial charge in [-0.15, -0.1) is 0 Å². The van der Waals surface area contributed by atoms with Gasteiger partial charge in [0.25, 0.3) is 0 Å². The van der Waals surface area contributed by atoms with Crippen LogP contribution in [-0.2, 0) is 0 Å².